The second-order valence-electron chi connectivity index (χ2n) is 4.71. The first-order valence-electron chi connectivity index (χ1n) is 6.25. The third-order valence-corrected chi connectivity index (χ3v) is 4.34. The van der Waals surface area contributed by atoms with Crippen molar-refractivity contribution in [2.24, 2.45) is 0 Å². The maximum atomic E-state index is 11.9. The molecule has 1 aromatic rings. The van der Waals surface area contributed by atoms with Crippen LogP contribution in [0.15, 0.2) is 4.79 Å². The SMILES string of the molecule is Cc1sc(=O)n(CC(=O)NC2CCCNC2)c1C. The Kier molecular flexibility index (Phi) is 4.19. The Morgan fingerprint density at radius 3 is 2.89 bits per heavy atom. The summed E-state index contributed by atoms with van der Waals surface area (Å²) < 4.78 is 1.55. The summed E-state index contributed by atoms with van der Waals surface area (Å²) in [6, 6.07) is 0.196. The van der Waals surface area contributed by atoms with Crippen LogP contribution in [0.4, 0.5) is 0 Å². The smallest absolute Gasteiger partial charge is 0.308 e. The van der Waals surface area contributed by atoms with E-state index in [1.54, 1.807) is 4.57 Å². The highest BCUT2D eigenvalue weighted by Crippen LogP contribution is 2.09. The summed E-state index contributed by atoms with van der Waals surface area (Å²) in [5.41, 5.74) is 0.891. The number of aryl methyl sites for hydroxylation is 1. The van der Waals surface area contributed by atoms with E-state index in [1.807, 2.05) is 13.8 Å². The Morgan fingerprint density at radius 2 is 2.33 bits per heavy atom. The third kappa shape index (κ3) is 3.00. The summed E-state index contributed by atoms with van der Waals surface area (Å²) in [5, 5.41) is 6.22. The Morgan fingerprint density at radius 1 is 1.56 bits per heavy atom. The molecule has 1 unspecified atom stereocenters. The molecule has 1 saturated heterocycles. The standard InChI is InChI=1S/C12H19N3O2S/c1-8-9(2)18-12(17)15(8)7-11(16)14-10-4-3-5-13-6-10/h10,13H,3-7H2,1-2H3,(H,14,16). The lowest BCUT2D eigenvalue weighted by molar-refractivity contribution is -0.122. The number of aromatic nitrogens is 1. The average molecular weight is 269 g/mol. The van der Waals surface area contributed by atoms with Crippen LogP contribution in [0.1, 0.15) is 23.4 Å². The Hall–Kier alpha value is -1.14. The number of carbonyl (C=O) groups excluding carboxylic acids is 1. The molecule has 0 saturated carbocycles. The molecule has 2 N–H and O–H groups in total. The summed E-state index contributed by atoms with van der Waals surface area (Å²) in [6.07, 6.45) is 2.09. The van der Waals surface area contributed by atoms with Crippen LogP contribution in [0.2, 0.25) is 0 Å². The number of nitrogens with zero attached hydrogens (tertiary/aromatic N) is 1. The fourth-order valence-electron chi connectivity index (χ4n) is 2.16. The Bertz CT molecular complexity index is 486. The van der Waals surface area contributed by atoms with Crippen molar-refractivity contribution in [3.05, 3.63) is 20.2 Å². The van der Waals surface area contributed by atoms with Crippen molar-refractivity contribution in [3.8, 4) is 0 Å². The highest BCUT2D eigenvalue weighted by atomic mass is 32.1. The molecule has 1 aliphatic rings. The number of thiazole rings is 1. The van der Waals surface area contributed by atoms with Crippen LogP contribution >= 0.6 is 11.3 Å². The van der Waals surface area contributed by atoms with Crippen molar-refractivity contribution < 1.29 is 4.79 Å². The number of hydrogen-bond donors (Lipinski definition) is 2. The normalized spacial score (nSPS) is 19.8. The van der Waals surface area contributed by atoms with E-state index in [-0.39, 0.29) is 23.4 Å². The van der Waals surface area contributed by atoms with E-state index in [2.05, 4.69) is 10.6 Å². The Labute approximate surface area is 110 Å². The first-order chi connectivity index (χ1) is 8.58. The fraction of sp³-hybridized carbons (Fsp3) is 0.667. The summed E-state index contributed by atoms with van der Waals surface area (Å²) in [5.74, 6) is -0.0771. The van der Waals surface area contributed by atoms with Gasteiger partial charge in [0.1, 0.15) is 6.54 Å². The lowest BCUT2D eigenvalue weighted by Gasteiger charge is -2.23. The fourth-order valence-corrected chi connectivity index (χ4v) is 2.99. The van der Waals surface area contributed by atoms with E-state index in [1.165, 1.54) is 11.3 Å². The van der Waals surface area contributed by atoms with Gasteiger partial charge in [-0.3, -0.25) is 14.2 Å². The summed E-state index contributed by atoms with van der Waals surface area (Å²) >= 11 is 1.20. The second-order valence-corrected chi connectivity index (χ2v) is 5.87. The van der Waals surface area contributed by atoms with Gasteiger partial charge in [-0.2, -0.15) is 0 Å². The van der Waals surface area contributed by atoms with Crippen LogP contribution in [-0.2, 0) is 11.3 Å². The number of piperidine rings is 1. The van der Waals surface area contributed by atoms with Gasteiger partial charge in [-0.05, 0) is 33.2 Å². The molecule has 6 heteroatoms. The summed E-state index contributed by atoms with van der Waals surface area (Å²) in [7, 11) is 0. The molecular weight excluding hydrogens is 250 g/mol. The predicted octanol–water partition coefficient (Wildman–Crippen LogP) is 0.395. The van der Waals surface area contributed by atoms with Crippen LogP contribution < -0.4 is 15.5 Å². The molecule has 100 valence electrons. The van der Waals surface area contributed by atoms with Gasteiger partial charge in [0.15, 0.2) is 0 Å². The second kappa shape index (κ2) is 5.67. The highest BCUT2D eigenvalue weighted by Gasteiger charge is 2.17. The largest absolute Gasteiger partial charge is 0.351 e. The van der Waals surface area contributed by atoms with Crippen LogP contribution in [0.3, 0.4) is 0 Å². The van der Waals surface area contributed by atoms with E-state index in [9.17, 15) is 9.59 Å². The molecule has 1 amide bonds. The van der Waals surface area contributed by atoms with Crippen LogP contribution in [0.25, 0.3) is 0 Å². The van der Waals surface area contributed by atoms with Crippen molar-refractivity contribution in [3.63, 3.8) is 0 Å². The van der Waals surface area contributed by atoms with E-state index in [0.717, 1.165) is 36.5 Å². The van der Waals surface area contributed by atoms with Crippen molar-refractivity contribution >= 4 is 17.2 Å². The molecule has 0 aliphatic carbocycles. The minimum atomic E-state index is -0.0771. The van der Waals surface area contributed by atoms with E-state index < -0.39 is 0 Å². The molecule has 1 fully saturated rings. The van der Waals surface area contributed by atoms with Crippen molar-refractivity contribution in [2.75, 3.05) is 13.1 Å². The first kappa shape index (κ1) is 13.3. The molecule has 2 heterocycles. The van der Waals surface area contributed by atoms with Gasteiger partial charge < -0.3 is 10.6 Å². The molecule has 5 nitrogen and oxygen atoms in total. The minimum Gasteiger partial charge on any atom is -0.351 e. The molecule has 1 aliphatic heterocycles. The van der Waals surface area contributed by atoms with Gasteiger partial charge >= 0.3 is 4.87 Å². The van der Waals surface area contributed by atoms with Gasteiger partial charge in [-0.1, -0.05) is 11.3 Å². The van der Waals surface area contributed by atoms with Gasteiger partial charge in [0.05, 0.1) is 0 Å². The molecule has 1 aromatic heterocycles. The Balaban J connectivity index is 1.96. The van der Waals surface area contributed by atoms with Gasteiger partial charge in [0, 0.05) is 23.2 Å². The predicted molar refractivity (Wildman–Crippen MR) is 72.1 cm³/mol. The van der Waals surface area contributed by atoms with Gasteiger partial charge in [-0.25, -0.2) is 0 Å². The van der Waals surface area contributed by atoms with Gasteiger partial charge in [0.25, 0.3) is 0 Å². The molecular formula is C12H19N3O2S. The average Bonchev–Trinajstić information content (AvgIpc) is 2.57. The monoisotopic (exact) mass is 269 g/mol. The summed E-state index contributed by atoms with van der Waals surface area (Å²) in [4.78, 5) is 24.5. The quantitative estimate of drug-likeness (QED) is 0.834. The molecule has 0 aromatic carbocycles. The zero-order valence-corrected chi connectivity index (χ0v) is 11.6. The van der Waals surface area contributed by atoms with Gasteiger partial charge in [-0.15, -0.1) is 0 Å². The van der Waals surface area contributed by atoms with Crippen LogP contribution in [-0.4, -0.2) is 29.6 Å². The van der Waals surface area contributed by atoms with Crippen molar-refractivity contribution in [1.82, 2.24) is 15.2 Å². The molecule has 18 heavy (non-hydrogen) atoms. The zero-order chi connectivity index (χ0) is 13.1. The third-order valence-electron chi connectivity index (χ3n) is 3.34. The highest BCUT2D eigenvalue weighted by molar-refractivity contribution is 7.09. The van der Waals surface area contributed by atoms with Crippen LogP contribution in [0, 0.1) is 13.8 Å². The zero-order valence-electron chi connectivity index (χ0n) is 10.8. The van der Waals surface area contributed by atoms with Crippen LogP contribution in [0.5, 0.6) is 0 Å². The maximum Gasteiger partial charge on any atom is 0.308 e. The molecule has 0 bridgehead atoms. The summed E-state index contributed by atoms with van der Waals surface area (Å²) in [6.45, 7) is 5.76. The number of hydrogen-bond acceptors (Lipinski definition) is 4. The topological polar surface area (TPSA) is 63.1 Å². The maximum absolute atomic E-state index is 11.9. The minimum absolute atomic E-state index is 0.0538. The van der Waals surface area contributed by atoms with Crippen molar-refractivity contribution in [1.29, 1.82) is 0 Å². The molecule has 1 atom stereocenters. The van der Waals surface area contributed by atoms with Crippen molar-refractivity contribution in [2.45, 2.75) is 39.3 Å². The van der Waals surface area contributed by atoms with E-state index >= 15 is 0 Å². The van der Waals surface area contributed by atoms with E-state index in [0.29, 0.717) is 0 Å². The van der Waals surface area contributed by atoms with Gasteiger partial charge in [0.2, 0.25) is 5.91 Å². The number of rotatable bonds is 3. The lowest BCUT2D eigenvalue weighted by atomic mass is 10.1. The molecule has 0 spiro atoms. The first-order valence-corrected chi connectivity index (χ1v) is 7.06. The number of amides is 1. The number of carbonyl (C=O) groups is 1. The number of nitrogens with one attached hydrogen (secondary N) is 2. The van der Waals surface area contributed by atoms with E-state index in [4.69, 9.17) is 0 Å². The molecule has 0 radical (unpaired) electrons. The lowest BCUT2D eigenvalue weighted by Crippen LogP contribution is -2.47. The molecule has 2 rings (SSSR count).